The van der Waals surface area contributed by atoms with Gasteiger partial charge < -0.3 is 9.47 Å². The molecule has 2 aromatic heterocycles. The SMILES string of the molecule is COc1cc(Br)cc(/C=c2\sc3nc4ccccc4n3c2=O)c1OC. The van der Waals surface area contributed by atoms with Gasteiger partial charge in [-0.25, -0.2) is 9.38 Å². The lowest BCUT2D eigenvalue weighted by Gasteiger charge is -2.10. The molecule has 4 rings (SSSR count). The molecule has 5 nitrogen and oxygen atoms in total. The molecule has 25 heavy (non-hydrogen) atoms. The van der Waals surface area contributed by atoms with Gasteiger partial charge in [0.1, 0.15) is 0 Å². The summed E-state index contributed by atoms with van der Waals surface area (Å²) in [6.45, 7) is 0. The minimum atomic E-state index is -0.0882. The van der Waals surface area contributed by atoms with Gasteiger partial charge in [0, 0.05) is 10.0 Å². The number of nitrogens with zero attached hydrogens (tertiary/aromatic N) is 2. The van der Waals surface area contributed by atoms with Crippen molar-refractivity contribution in [3.63, 3.8) is 0 Å². The van der Waals surface area contributed by atoms with Crippen LogP contribution >= 0.6 is 27.3 Å². The molecule has 0 atom stereocenters. The highest BCUT2D eigenvalue weighted by Gasteiger charge is 2.13. The molecule has 0 radical (unpaired) electrons. The Bertz CT molecular complexity index is 1210. The molecule has 0 amide bonds. The molecule has 7 heteroatoms. The average molecular weight is 417 g/mol. The highest BCUT2D eigenvalue weighted by atomic mass is 79.9. The van der Waals surface area contributed by atoms with Gasteiger partial charge in [-0.3, -0.25) is 4.79 Å². The van der Waals surface area contributed by atoms with Crippen molar-refractivity contribution < 1.29 is 9.47 Å². The van der Waals surface area contributed by atoms with Gasteiger partial charge in [-0.1, -0.05) is 39.4 Å². The first kappa shape index (κ1) is 16.1. The van der Waals surface area contributed by atoms with Crippen LogP contribution in [0.2, 0.25) is 0 Å². The van der Waals surface area contributed by atoms with Gasteiger partial charge in [-0.2, -0.15) is 0 Å². The van der Waals surface area contributed by atoms with Gasteiger partial charge in [-0.05, 0) is 30.3 Å². The Labute approximate surface area is 155 Å². The third kappa shape index (κ3) is 2.60. The van der Waals surface area contributed by atoms with Gasteiger partial charge in [0.25, 0.3) is 5.56 Å². The number of rotatable bonds is 3. The van der Waals surface area contributed by atoms with Crippen molar-refractivity contribution in [2.24, 2.45) is 0 Å². The van der Waals surface area contributed by atoms with Gasteiger partial charge in [0.2, 0.25) is 0 Å². The smallest absolute Gasteiger partial charge is 0.274 e. The van der Waals surface area contributed by atoms with E-state index in [4.69, 9.17) is 9.47 Å². The van der Waals surface area contributed by atoms with Crippen molar-refractivity contribution in [3.05, 3.63) is 61.3 Å². The first-order valence-electron chi connectivity index (χ1n) is 7.45. The summed E-state index contributed by atoms with van der Waals surface area (Å²) in [7, 11) is 3.16. The number of hydrogen-bond donors (Lipinski definition) is 0. The fourth-order valence-corrected chi connectivity index (χ4v) is 4.25. The zero-order valence-corrected chi connectivity index (χ0v) is 15.8. The Morgan fingerprint density at radius 2 is 2.00 bits per heavy atom. The molecule has 0 unspecified atom stereocenters. The molecule has 0 aliphatic carbocycles. The standard InChI is InChI=1S/C18H13BrN2O3S/c1-23-14-9-11(19)7-10(16(14)24-2)8-15-17(22)21-13-6-4-3-5-12(13)20-18(21)25-15/h3-9H,1-2H3/b15-8-. The van der Waals surface area contributed by atoms with Gasteiger partial charge in [-0.15, -0.1) is 0 Å². The van der Waals surface area contributed by atoms with Crippen molar-refractivity contribution in [1.82, 2.24) is 9.38 Å². The molecule has 0 spiro atoms. The minimum Gasteiger partial charge on any atom is -0.493 e. The van der Waals surface area contributed by atoms with E-state index in [2.05, 4.69) is 20.9 Å². The van der Waals surface area contributed by atoms with Crippen molar-refractivity contribution in [3.8, 4) is 11.5 Å². The zero-order valence-electron chi connectivity index (χ0n) is 13.4. The number of methoxy groups -OCH3 is 2. The second-order valence-corrected chi connectivity index (χ2v) is 7.29. The lowest BCUT2D eigenvalue weighted by molar-refractivity contribution is 0.354. The lowest BCUT2D eigenvalue weighted by atomic mass is 10.2. The molecule has 0 saturated carbocycles. The van der Waals surface area contributed by atoms with Crippen molar-refractivity contribution in [2.45, 2.75) is 0 Å². The molecule has 0 N–H and O–H groups in total. The number of hydrogen-bond acceptors (Lipinski definition) is 5. The molecule has 4 aromatic rings. The molecule has 2 heterocycles. The highest BCUT2D eigenvalue weighted by Crippen LogP contribution is 2.35. The van der Waals surface area contributed by atoms with Crippen LogP contribution < -0.4 is 19.6 Å². The summed E-state index contributed by atoms with van der Waals surface area (Å²) in [5.41, 5.74) is 2.31. The Balaban J connectivity index is 2.01. The van der Waals surface area contributed by atoms with E-state index in [9.17, 15) is 4.79 Å². The Kier molecular flexibility index (Phi) is 3.97. The van der Waals surface area contributed by atoms with Crippen LogP contribution in [0.1, 0.15) is 5.56 Å². The highest BCUT2D eigenvalue weighted by molar-refractivity contribution is 9.10. The molecular weight excluding hydrogens is 404 g/mol. The van der Waals surface area contributed by atoms with Crippen molar-refractivity contribution in [1.29, 1.82) is 0 Å². The maximum atomic E-state index is 12.9. The number of para-hydroxylation sites is 2. The summed E-state index contributed by atoms with van der Waals surface area (Å²) in [6.07, 6.45) is 1.81. The Hall–Kier alpha value is -2.38. The average Bonchev–Trinajstić information content (AvgIpc) is 3.11. The summed E-state index contributed by atoms with van der Waals surface area (Å²) in [5.74, 6) is 1.18. The quantitative estimate of drug-likeness (QED) is 0.514. The number of thiazole rings is 1. The van der Waals surface area contributed by atoms with Crippen LogP contribution in [-0.4, -0.2) is 23.6 Å². The van der Waals surface area contributed by atoms with E-state index in [0.717, 1.165) is 21.1 Å². The number of ether oxygens (including phenoxy) is 2. The lowest BCUT2D eigenvalue weighted by Crippen LogP contribution is -2.22. The molecular formula is C18H13BrN2O3S. The summed E-state index contributed by atoms with van der Waals surface area (Å²) < 4.78 is 13.9. The molecule has 126 valence electrons. The number of aromatic nitrogens is 2. The van der Waals surface area contributed by atoms with Crippen LogP contribution in [0.25, 0.3) is 22.1 Å². The first-order valence-corrected chi connectivity index (χ1v) is 9.06. The fraction of sp³-hybridized carbons (Fsp3) is 0.111. The normalized spacial score (nSPS) is 12.2. The molecule has 2 aromatic carbocycles. The number of fused-ring (bicyclic) bond motifs is 3. The summed E-state index contributed by atoms with van der Waals surface area (Å²) >= 11 is 4.82. The van der Waals surface area contributed by atoms with Crippen LogP contribution in [0.4, 0.5) is 0 Å². The number of halogens is 1. The van der Waals surface area contributed by atoms with Crippen LogP contribution in [0.3, 0.4) is 0 Å². The maximum absolute atomic E-state index is 12.9. The van der Waals surface area contributed by atoms with Gasteiger partial charge >= 0.3 is 0 Å². The monoisotopic (exact) mass is 416 g/mol. The third-order valence-corrected chi connectivity index (χ3v) is 5.33. The van der Waals surface area contributed by atoms with E-state index < -0.39 is 0 Å². The van der Waals surface area contributed by atoms with Gasteiger partial charge in [0.05, 0.1) is 29.8 Å². The topological polar surface area (TPSA) is 52.8 Å². The zero-order chi connectivity index (χ0) is 17.6. The fourth-order valence-electron chi connectivity index (χ4n) is 2.82. The van der Waals surface area contributed by atoms with Gasteiger partial charge in [0.15, 0.2) is 16.5 Å². The number of benzene rings is 2. The van der Waals surface area contributed by atoms with Crippen molar-refractivity contribution in [2.75, 3.05) is 14.2 Å². The minimum absolute atomic E-state index is 0.0882. The first-order chi connectivity index (χ1) is 12.1. The molecule has 0 bridgehead atoms. The molecule has 0 fully saturated rings. The molecule has 0 saturated heterocycles. The second-order valence-electron chi connectivity index (χ2n) is 5.36. The third-order valence-electron chi connectivity index (χ3n) is 3.90. The van der Waals surface area contributed by atoms with Crippen molar-refractivity contribution >= 4 is 49.3 Å². The van der Waals surface area contributed by atoms with E-state index in [-0.39, 0.29) is 5.56 Å². The van der Waals surface area contributed by atoms with E-state index in [0.29, 0.717) is 21.0 Å². The molecule has 0 aliphatic heterocycles. The summed E-state index contributed by atoms with van der Waals surface area (Å²) in [4.78, 5) is 18.1. The Morgan fingerprint density at radius 1 is 1.20 bits per heavy atom. The molecule has 0 aliphatic rings. The maximum Gasteiger partial charge on any atom is 0.274 e. The predicted molar refractivity (Wildman–Crippen MR) is 103 cm³/mol. The number of imidazole rings is 1. The van der Waals surface area contributed by atoms with E-state index in [1.165, 1.54) is 11.3 Å². The summed E-state index contributed by atoms with van der Waals surface area (Å²) in [5, 5.41) is 0. The summed E-state index contributed by atoms with van der Waals surface area (Å²) in [6, 6.07) is 11.3. The van der Waals surface area contributed by atoms with Crippen LogP contribution in [0.15, 0.2) is 45.7 Å². The van der Waals surface area contributed by atoms with Crippen LogP contribution in [0, 0.1) is 0 Å². The van der Waals surface area contributed by atoms with Crippen LogP contribution in [0.5, 0.6) is 11.5 Å². The van der Waals surface area contributed by atoms with Crippen LogP contribution in [-0.2, 0) is 0 Å². The second kappa shape index (κ2) is 6.16. The predicted octanol–water partition coefficient (Wildman–Crippen LogP) is 3.24. The van der Waals surface area contributed by atoms with E-state index in [1.54, 1.807) is 18.6 Å². The largest absolute Gasteiger partial charge is 0.493 e. The van der Waals surface area contributed by atoms with E-state index >= 15 is 0 Å². The Morgan fingerprint density at radius 3 is 2.76 bits per heavy atom. The van der Waals surface area contributed by atoms with E-state index in [1.807, 2.05) is 42.5 Å².